The third-order valence-corrected chi connectivity index (χ3v) is 4.40. The topological polar surface area (TPSA) is 64.8 Å². The lowest BCUT2D eigenvalue weighted by Gasteiger charge is -2.22. The Labute approximate surface area is 158 Å². The fourth-order valence-corrected chi connectivity index (χ4v) is 3.10. The summed E-state index contributed by atoms with van der Waals surface area (Å²) in [6.07, 6.45) is 5.48. The van der Waals surface area contributed by atoms with Gasteiger partial charge in [0, 0.05) is 12.0 Å². The second-order valence-corrected chi connectivity index (χ2v) is 7.27. The lowest BCUT2D eigenvalue weighted by molar-refractivity contribution is 0.623. The highest BCUT2D eigenvalue weighted by Crippen LogP contribution is 2.24. The van der Waals surface area contributed by atoms with E-state index in [1.54, 1.807) is 12.4 Å². The number of anilines is 1. The van der Waals surface area contributed by atoms with Crippen LogP contribution < -0.4 is 10.2 Å². The van der Waals surface area contributed by atoms with Gasteiger partial charge in [0.05, 0.1) is 29.7 Å². The van der Waals surface area contributed by atoms with E-state index in [2.05, 4.69) is 50.8 Å². The van der Waals surface area contributed by atoms with E-state index in [1.165, 1.54) is 5.56 Å². The Bertz CT molecular complexity index is 821. The van der Waals surface area contributed by atoms with Crippen molar-refractivity contribution in [2.75, 3.05) is 4.78 Å². The van der Waals surface area contributed by atoms with Gasteiger partial charge in [0.1, 0.15) is 5.82 Å². The molecule has 0 spiro atoms. The molecule has 0 aliphatic rings. The fourth-order valence-electron chi connectivity index (χ4n) is 2.67. The molecule has 0 amide bonds. The van der Waals surface area contributed by atoms with Crippen LogP contribution in [0, 0.1) is 25.2 Å². The summed E-state index contributed by atoms with van der Waals surface area (Å²) in [5, 5.41) is 9.59. The van der Waals surface area contributed by atoms with Crippen molar-refractivity contribution in [2.45, 2.75) is 46.6 Å². The Morgan fingerprint density at radius 3 is 2.42 bits per heavy atom. The highest BCUT2D eigenvalue weighted by molar-refractivity contribution is 7.18. The Balaban J connectivity index is 2.23. The number of nitriles is 1. The second kappa shape index (κ2) is 8.89. The summed E-state index contributed by atoms with van der Waals surface area (Å²) in [6, 6.07) is 8.74. The zero-order valence-electron chi connectivity index (χ0n) is 16.0. The smallest absolute Gasteiger partial charge is 0.134 e. The quantitative estimate of drug-likeness (QED) is 0.468. The number of nitrogens with zero attached hydrogens (tertiary/aromatic N) is 4. The van der Waals surface area contributed by atoms with Crippen LogP contribution in [-0.2, 0) is 0 Å². The van der Waals surface area contributed by atoms with Crippen molar-refractivity contribution < 1.29 is 0 Å². The van der Waals surface area contributed by atoms with Crippen molar-refractivity contribution in [3.8, 4) is 6.07 Å². The molecule has 0 saturated heterocycles. The van der Waals surface area contributed by atoms with Gasteiger partial charge in [-0.05, 0) is 48.2 Å². The average Bonchev–Trinajstić information content (AvgIpc) is 2.59. The number of benzene rings is 1. The summed E-state index contributed by atoms with van der Waals surface area (Å²) in [6.45, 7) is 10.2. The molecule has 0 saturated carbocycles. The van der Waals surface area contributed by atoms with Crippen molar-refractivity contribution >= 4 is 20.7 Å². The van der Waals surface area contributed by atoms with Crippen molar-refractivity contribution in [2.24, 2.45) is 0 Å². The highest BCUT2D eigenvalue weighted by Gasteiger charge is 2.12. The van der Waals surface area contributed by atoms with Gasteiger partial charge < -0.3 is 0 Å². The number of hydrazine groups is 1. The zero-order chi connectivity index (χ0) is 19.3. The van der Waals surface area contributed by atoms with E-state index in [0.29, 0.717) is 17.4 Å². The van der Waals surface area contributed by atoms with Crippen LogP contribution in [0.25, 0.3) is 5.57 Å². The first-order valence-corrected chi connectivity index (χ1v) is 9.16. The molecule has 5 nitrogen and oxygen atoms in total. The van der Waals surface area contributed by atoms with E-state index in [0.717, 1.165) is 16.8 Å². The Morgan fingerprint density at radius 1 is 1.23 bits per heavy atom. The normalized spacial score (nSPS) is 12.8. The predicted octanol–water partition coefficient (Wildman–Crippen LogP) is 4.31. The van der Waals surface area contributed by atoms with E-state index in [4.69, 9.17) is 0 Å². The molecule has 0 bridgehead atoms. The van der Waals surface area contributed by atoms with E-state index >= 15 is 0 Å². The number of aromatic nitrogens is 2. The van der Waals surface area contributed by atoms with E-state index in [1.807, 2.05) is 43.8 Å². The summed E-state index contributed by atoms with van der Waals surface area (Å²) in [4.78, 5) is 8.93. The van der Waals surface area contributed by atoms with Gasteiger partial charge in [-0.1, -0.05) is 36.8 Å². The van der Waals surface area contributed by atoms with Crippen molar-refractivity contribution in [1.29, 1.82) is 5.26 Å². The summed E-state index contributed by atoms with van der Waals surface area (Å²) in [5.41, 5.74) is 7.99. The molecule has 26 heavy (non-hydrogen) atoms. The maximum atomic E-state index is 9.59. The predicted molar refractivity (Wildman–Crippen MR) is 110 cm³/mol. The van der Waals surface area contributed by atoms with Crippen molar-refractivity contribution in [3.05, 3.63) is 59.2 Å². The number of rotatable bonds is 6. The number of aryl methyl sites for hydroxylation is 2. The minimum atomic E-state index is -0.0598. The molecular formula is C20H26N5P. The molecule has 1 aromatic heterocycles. The Morgan fingerprint density at radius 2 is 1.88 bits per heavy atom. The Kier molecular flexibility index (Phi) is 6.85. The molecule has 2 unspecified atom stereocenters. The number of nitrogens with one attached hydrogen (secondary N) is 1. The van der Waals surface area contributed by atoms with Crippen LogP contribution in [0.1, 0.15) is 49.2 Å². The first kappa shape index (κ1) is 20.0. The van der Waals surface area contributed by atoms with Gasteiger partial charge in [0.15, 0.2) is 0 Å². The second-order valence-electron chi connectivity index (χ2n) is 6.75. The standard InChI is InChI=1S/C20H26N5P/c1-13(2)24-25(26)18-11-22-20(23-12-18)16(5)9-17(10-21)19-7-6-14(3)8-15(19)4/h6-9,11-13,16,24H,26H2,1-5H3. The molecule has 1 heterocycles. The molecule has 0 aliphatic heterocycles. The molecule has 2 rings (SSSR count). The largest absolute Gasteiger partial charge is 0.291 e. The molecule has 0 fully saturated rings. The van der Waals surface area contributed by atoms with Crippen LogP contribution >= 0.6 is 9.39 Å². The number of allylic oxidation sites excluding steroid dienone is 2. The van der Waals surface area contributed by atoms with Gasteiger partial charge in [-0.15, -0.1) is 0 Å². The maximum absolute atomic E-state index is 9.59. The van der Waals surface area contributed by atoms with Gasteiger partial charge >= 0.3 is 0 Å². The van der Waals surface area contributed by atoms with Gasteiger partial charge in [-0.25, -0.2) is 15.4 Å². The fraction of sp³-hybridized carbons (Fsp3) is 0.350. The van der Waals surface area contributed by atoms with Gasteiger partial charge in [0.2, 0.25) is 0 Å². The molecule has 0 radical (unpaired) electrons. The highest BCUT2D eigenvalue weighted by atomic mass is 31.0. The first-order valence-electron chi connectivity index (χ1n) is 8.64. The zero-order valence-corrected chi connectivity index (χ0v) is 17.1. The summed E-state index contributed by atoms with van der Waals surface area (Å²) < 4.78 is 1.82. The van der Waals surface area contributed by atoms with Gasteiger partial charge in [-0.3, -0.25) is 4.78 Å². The molecule has 2 atom stereocenters. The van der Waals surface area contributed by atoms with Crippen molar-refractivity contribution in [1.82, 2.24) is 15.4 Å². The lowest BCUT2D eigenvalue weighted by atomic mass is 9.96. The van der Waals surface area contributed by atoms with Crippen LogP contribution in [0.3, 0.4) is 0 Å². The molecular weight excluding hydrogens is 341 g/mol. The number of hydrogen-bond donors (Lipinski definition) is 1. The monoisotopic (exact) mass is 367 g/mol. The van der Waals surface area contributed by atoms with Crippen LogP contribution in [0.5, 0.6) is 0 Å². The molecule has 2 aromatic rings. The third-order valence-electron chi connectivity index (χ3n) is 3.95. The number of hydrogen-bond acceptors (Lipinski definition) is 5. The van der Waals surface area contributed by atoms with Crippen molar-refractivity contribution in [3.63, 3.8) is 0 Å². The minimum absolute atomic E-state index is 0.0598. The van der Waals surface area contributed by atoms with Gasteiger partial charge in [0.25, 0.3) is 0 Å². The van der Waals surface area contributed by atoms with Crippen LogP contribution in [-0.4, -0.2) is 16.0 Å². The SMILES string of the molecule is Cc1ccc(C(C#N)=CC(C)c2ncc(N(P)NC(C)C)cn2)c(C)c1. The van der Waals surface area contributed by atoms with Crippen LogP contribution in [0.15, 0.2) is 36.7 Å². The van der Waals surface area contributed by atoms with E-state index < -0.39 is 0 Å². The maximum Gasteiger partial charge on any atom is 0.134 e. The van der Waals surface area contributed by atoms with E-state index in [-0.39, 0.29) is 5.92 Å². The third kappa shape index (κ3) is 5.11. The van der Waals surface area contributed by atoms with Gasteiger partial charge in [-0.2, -0.15) is 5.26 Å². The molecule has 0 aliphatic carbocycles. The van der Waals surface area contributed by atoms with E-state index in [9.17, 15) is 5.26 Å². The summed E-state index contributed by atoms with van der Waals surface area (Å²) in [7, 11) is 2.60. The summed E-state index contributed by atoms with van der Waals surface area (Å²) in [5.74, 6) is 0.629. The van der Waals surface area contributed by atoms with Crippen LogP contribution in [0.2, 0.25) is 0 Å². The first-order chi connectivity index (χ1) is 12.3. The molecule has 136 valence electrons. The molecule has 1 N–H and O–H groups in total. The lowest BCUT2D eigenvalue weighted by Crippen LogP contribution is -2.35. The summed E-state index contributed by atoms with van der Waals surface area (Å²) >= 11 is 0. The molecule has 1 aromatic carbocycles. The van der Waals surface area contributed by atoms with Crippen LogP contribution in [0.4, 0.5) is 5.69 Å². The minimum Gasteiger partial charge on any atom is -0.291 e. The molecule has 6 heteroatoms. The average molecular weight is 367 g/mol. The Hall–Kier alpha value is -2.28.